The fourth-order valence-corrected chi connectivity index (χ4v) is 2.89. The van der Waals surface area contributed by atoms with Crippen molar-refractivity contribution in [1.82, 2.24) is 5.32 Å². The Morgan fingerprint density at radius 2 is 1.83 bits per heavy atom. The first kappa shape index (κ1) is 18.5. The first-order valence-corrected chi connectivity index (χ1v) is 8.84. The van der Waals surface area contributed by atoms with Crippen molar-refractivity contribution in [3.05, 3.63) is 66.0 Å². The molecule has 0 aliphatic heterocycles. The number of halogens is 1. The fourth-order valence-electron chi connectivity index (χ4n) is 2.17. The maximum Gasteiger partial charge on any atom is 0.230 e. The van der Waals surface area contributed by atoms with E-state index in [0.29, 0.717) is 6.42 Å². The molecule has 0 fully saturated rings. The van der Waals surface area contributed by atoms with Crippen LogP contribution in [0.4, 0.5) is 4.39 Å². The Balaban J connectivity index is 1.70. The van der Waals surface area contributed by atoms with Gasteiger partial charge in [-0.1, -0.05) is 30.3 Å². The van der Waals surface area contributed by atoms with Crippen molar-refractivity contribution >= 4 is 17.7 Å². The number of hydrogen-bond acceptors (Lipinski definition) is 3. The highest BCUT2D eigenvalue weighted by molar-refractivity contribution is 8.00. The van der Waals surface area contributed by atoms with Gasteiger partial charge in [0.25, 0.3) is 0 Å². The van der Waals surface area contributed by atoms with Crippen molar-refractivity contribution in [2.75, 3.05) is 12.3 Å². The van der Waals surface area contributed by atoms with Gasteiger partial charge in [-0.3, -0.25) is 4.79 Å². The second-order valence-electron chi connectivity index (χ2n) is 6.00. The Kier molecular flexibility index (Phi) is 6.82. The summed E-state index contributed by atoms with van der Waals surface area (Å²) in [6.07, 6.45) is 1.33. The minimum absolute atomic E-state index is 0.149. The topological polar surface area (TPSA) is 49.3 Å². The molecule has 0 spiro atoms. The Morgan fingerprint density at radius 3 is 2.50 bits per heavy atom. The molecule has 1 atom stereocenters. The van der Waals surface area contributed by atoms with Crippen LogP contribution in [-0.4, -0.2) is 28.9 Å². The molecule has 0 heterocycles. The van der Waals surface area contributed by atoms with Gasteiger partial charge < -0.3 is 10.4 Å². The van der Waals surface area contributed by atoms with Crippen LogP contribution in [0.1, 0.15) is 18.9 Å². The number of nitrogens with one attached hydrogen (secondary N) is 1. The van der Waals surface area contributed by atoms with Crippen LogP contribution in [-0.2, 0) is 11.2 Å². The summed E-state index contributed by atoms with van der Waals surface area (Å²) in [6, 6.07) is 16.0. The smallest absolute Gasteiger partial charge is 0.230 e. The van der Waals surface area contributed by atoms with Crippen LogP contribution in [0, 0.1) is 5.82 Å². The van der Waals surface area contributed by atoms with Crippen molar-refractivity contribution < 1.29 is 14.3 Å². The van der Waals surface area contributed by atoms with Gasteiger partial charge in [-0.2, -0.15) is 0 Å². The van der Waals surface area contributed by atoms with Gasteiger partial charge in [-0.25, -0.2) is 4.39 Å². The Morgan fingerprint density at radius 1 is 1.17 bits per heavy atom. The molecule has 2 aromatic carbocycles. The number of carbonyl (C=O) groups excluding carboxylic acids is 1. The van der Waals surface area contributed by atoms with Crippen molar-refractivity contribution in [1.29, 1.82) is 0 Å². The molecule has 1 unspecified atom stereocenters. The molecule has 5 heteroatoms. The standard InChI is InChI=1S/C19H22FNO2S/c1-19(23,12-11-15-5-3-2-4-6-15)14-21-18(22)13-24-17-9-7-16(20)8-10-17/h2-10,23H,11-14H2,1H3,(H,21,22). The summed E-state index contributed by atoms with van der Waals surface area (Å²) < 4.78 is 12.8. The summed E-state index contributed by atoms with van der Waals surface area (Å²) >= 11 is 1.34. The minimum Gasteiger partial charge on any atom is -0.388 e. The molecule has 0 saturated carbocycles. The number of amides is 1. The zero-order valence-electron chi connectivity index (χ0n) is 13.7. The maximum atomic E-state index is 12.8. The molecule has 0 radical (unpaired) electrons. The number of thioether (sulfide) groups is 1. The van der Waals surface area contributed by atoms with Gasteiger partial charge >= 0.3 is 0 Å². The zero-order chi connectivity index (χ0) is 17.4. The summed E-state index contributed by atoms with van der Waals surface area (Å²) in [6.45, 7) is 1.94. The van der Waals surface area contributed by atoms with E-state index in [2.05, 4.69) is 5.32 Å². The summed E-state index contributed by atoms with van der Waals surface area (Å²) in [4.78, 5) is 12.7. The van der Waals surface area contributed by atoms with Crippen LogP contribution in [0.15, 0.2) is 59.5 Å². The quantitative estimate of drug-likeness (QED) is 0.720. The highest BCUT2D eigenvalue weighted by atomic mass is 32.2. The molecule has 2 N–H and O–H groups in total. The molecule has 3 nitrogen and oxygen atoms in total. The molecule has 0 saturated heterocycles. The molecule has 0 aliphatic carbocycles. The number of benzene rings is 2. The largest absolute Gasteiger partial charge is 0.388 e. The average molecular weight is 347 g/mol. The lowest BCUT2D eigenvalue weighted by Gasteiger charge is -2.23. The second kappa shape index (κ2) is 8.85. The van der Waals surface area contributed by atoms with Crippen LogP contribution >= 0.6 is 11.8 Å². The van der Waals surface area contributed by atoms with Crippen LogP contribution < -0.4 is 5.32 Å². The molecule has 2 rings (SSSR count). The van der Waals surface area contributed by atoms with Gasteiger partial charge in [0.05, 0.1) is 11.4 Å². The van der Waals surface area contributed by atoms with Crippen molar-refractivity contribution in [3.8, 4) is 0 Å². The van der Waals surface area contributed by atoms with E-state index in [0.717, 1.165) is 16.9 Å². The zero-order valence-corrected chi connectivity index (χ0v) is 14.5. The summed E-state index contributed by atoms with van der Waals surface area (Å²) in [5.74, 6) is -0.206. The first-order valence-electron chi connectivity index (χ1n) is 7.86. The number of hydrogen-bond donors (Lipinski definition) is 2. The number of aliphatic hydroxyl groups is 1. The van der Waals surface area contributed by atoms with Crippen molar-refractivity contribution in [3.63, 3.8) is 0 Å². The molecule has 1 amide bonds. The van der Waals surface area contributed by atoms with E-state index in [1.54, 1.807) is 19.1 Å². The minimum atomic E-state index is -0.952. The van der Waals surface area contributed by atoms with Crippen LogP contribution in [0.5, 0.6) is 0 Å². The lowest BCUT2D eigenvalue weighted by Crippen LogP contribution is -2.41. The third-order valence-corrected chi connectivity index (χ3v) is 4.66. The van der Waals surface area contributed by atoms with Gasteiger partial charge in [-0.15, -0.1) is 11.8 Å². The van der Waals surface area contributed by atoms with E-state index in [1.807, 2.05) is 30.3 Å². The summed E-state index contributed by atoms with van der Waals surface area (Å²) in [5.41, 5.74) is 0.211. The SMILES string of the molecule is CC(O)(CCc1ccccc1)CNC(=O)CSc1ccc(F)cc1. The predicted octanol–water partition coefficient (Wildman–Crippen LogP) is 3.42. The molecule has 2 aromatic rings. The number of rotatable bonds is 8. The number of carbonyl (C=O) groups is 1. The van der Waals surface area contributed by atoms with Gasteiger partial charge in [-0.05, 0) is 49.6 Å². The Labute approximate surface area is 146 Å². The van der Waals surface area contributed by atoms with Crippen molar-refractivity contribution in [2.45, 2.75) is 30.3 Å². The van der Waals surface area contributed by atoms with Crippen LogP contribution in [0.25, 0.3) is 0 Å². The van der Waals surface area contributed by atoms with E-state index in [1.165, 1.54) is 23.9 Å². The highest BCUT2D eigenvalue weighted by Crippen LogP contribution is 2.18. The molecule has 24 heavy (non-hydrogen) atoms. The van der Waals surface area contributed by atoms with Gasteiger partial charge in [0.2, 0.25) is 5.91 Å². The molecule has 128 valence electrons. The number of aryl methyl sites for hydroxylation is 1. The molecular weight excluding hydrogens is 325 g/mol. The summed E-state index contributed by atoms with van der Waals surface area (Å²) in [7, 11) is 0. The lowest BCUT2D eigenvalue weighted by atomic mass is 9.97. The second-order valence-corrected chi connectivity index (χ2v) is 7.05. The van der Waals surface area contributed by atoms with Gasteiger partial charge in [0.15, 0.2) is 0 Å². The molecule has 0 aromatic heterocycles. The van der Waals surface area contributed by atoms with Gasteiger partial charge in [0.1, 0.15) is 5.82 Å². The maximum absolute atomic E-state index is 12.8. The third-order valence-electron chi connectivity index (χ3n) is 3.65. The monoisotopic (exact) mass is 347 g/mol. The molecular formula is C19H22FNO2S. The van der Waals surface area contributed by atoms with E-state index >= 15 is 0 Å². The van der Waals surface area contributed by atoms with E-state index in [4.69, 9.17) is 0 Å². The predicted molar refractivity (Wildman–Crippen MR) is 95.5 cm³/mol. The summed E-state index contributed by atoms with van der Waals surface area (Å²) in [5, 5.41) is 13.1. The van der Waals surface area contributed by atoms with Crippen LogP contribution in [0.3, 0.4) is 0 Å². The van der Waals surface area contributed by atoms with Crippen molar-refractivity contribution in [2.24, 2.45) is 0 Å². The Hall–Kier alpha value is -1.85. The molecule has 0 bridgehead atoms. The Bertz CT molecular complexity index is 644. The van der Waals surface area contributed by atoms with E-state index in [-0.39, 0.29) is 24.0 Å². The third kappa shape index (κ3) is 6.72. The van der Waals surface area contributed by atoms with Crippen LogP contribution in [0.2, 0.25) is 0 Å². The first-order chi connectivity index (χ1) is 11.4. The van der Waals surface area contributed by atoms with Gasteiger partial charge in [0, 0.05) is 11.4 Å². The highest BCUT2D eigenvalue weighted by Gasteiger charge is 2.21. The average Bonchev–Trinajstić information content (AvgIpc) is 2.59. The fraction of sp³-hybridized carbons (Fsp3) is 0.316. The van der Waals surface area contributed by atoms with E-state index in [9.17, 15) is 14.3 Å². The lowest BCUT2D eigenvalue weighted by molar-refractivity contribution is -0.119. The van der Waals surface area contributed by atoms with E-state index < -0.39 is 5.60 Å². The molecule has 0 aliphatic rings. The normalized spacial score (nSPS) is 13.3.